The van der Waals surface area contributed by atoms with Crippen molar-refractivity contribution in [3.8, 4) is 5.75 Å². The Morgan fingerprint density at radius 1 is 1.03 bits per heavy atom. The van der Waals surface area contributed by atoms with Gasteiger partial charge in [-0.1, -0.05) is 6.07 Å². The number of morpholine rings is 1. The Hall–Kier alpha value is -2.85. The SMILES string of the molecule is CC1CN(C2=C(c3cccs3)C(=O)N(c3ccc(OC(F)(F)F)cc3)C2=O)CC(C)O1. The van der Waals surface area contributed by atoms with Crippen molar-refractivity contribution in [2.75, 3.05) is 18.0 Å². The van der Waals surface area contributed by atoms with Crippen LogP contribution in [0.5, 0.6) is 5.75 Å². The maximum atomic E-state index is 13.4. The van der Waals surface area contributed by atoms with Crippen LogP contribution in [0.1, 0.15) is 18.7 Å². The van der Waals surface area contributed by atoms with E-state index in [4.69, 9.17) is 4.74 Å². The number of rotatable bonds is 4. The maximum Gasteiger partial charge on any atom is 0.573 e. The molecular formula is C21H19F3N2O4S. The third-order valence-electron chi connectivity index (χ3n) is 4.89. The van der Waals surface area contributed by atoms with Crippen molar-refractivity contribution in [3.05, 3.63) is 52.4 Å². The second-order valence-electron chi connectivity index (χ2n) is 7.35. The minimum Gasteiger partial charge on any atom is -0.406 e. The molecule has 2 amide bonds. The quantitative estimate of drug-likeness (QED) is 0.656. The van der Waals surface area contributed by atoms with Crippen molar-refractivity contribution in [2.24, 2.45) is 0 Å². The summed E-state index contributed by atoms with van der Waals surface area (Å²) >= 11 is 1.34. The lowest BCUT2D eigenvalue weighted by Crippen LogP contribution is -2.47. The largest absolute Gasteiger partial charge is 0.573 e. The van der Waals surface area contributed by atoms with Crippen LogP contribution in [0.15, 0.2) is 47.5 Å². The summed E-state index contributed by atoms with van der Waals surface area (Å²) in [6.07, 6.45) is -5.08. The summed E-state index contributed by atoms with van der Waals surface area (Å²) in [7, 11) is 0. The lowest BCUT2D eigenvalue weighted by Gasteiger charge is -2.37. The number of hydrogen-bond acceptors (Lipinski definition) is 6. The van der Waals surface area contributed by atoms with Crippen molar-refractivity contribution in [1.82, 2.24) is 4.90 Å². The molecular weight excluding hydrogens is 433 g/mol. The van der Waals surface area contributed by atoms with Gasteiger partial charge in [-0.3, -0.25) is 9.59 Å². The normalized spacial score (nSPS) is 22.5. The van der Waals surface area contributed by atoms with E-state index in [0.29, 0.717) is 18.0 Å². The van der Waals surface area contributed by atoms with Gasteiger partial charge in [0.2, 0.25) is 0 Å². The van der Waals surface area contributed by atoms with Gasteiger partial charge in [0.05, 0.1) is 23.5 Å². The molecule has 2 aliphatic rings. The molecule has 2 aromatic rings. The van der Waals surface area contributed by atoms with Gasteiger partial charge in [-0.2, -0.15) is 0 Å². The Balaban J connectivity index is 1.70. The van der Waals surface area contributed by atoms with Crippen molar-refractivity contribution < 1.29 is 32.2 Å². The third-order valence-corrected chi connectivity index (χ3v) is 5.78. The van der Waals surface area contributed by atoms with Crippen molar-refractivity contribution in [3.63, 3.8) is 0 Å². The lowest BCUT2D eigenvalue weighted by atomic mass is 10.1. The highest BCUT2D eigenvalue weighted by molar-refractivity contribution is 7.11. The van der Waals surface area contributed by atoms with Crippen LogP contribution in [-0.4, -0.2) is 48.4 Å². The molecule has 0 spiro atoms. The first kappa shape index (κ1) is 21.4. The summed E-state index contributed by atoms with van der Waals surface area (Å²) in [5.41, 5.74) is 0.741. The van der Waals surface area contributed by atoms with E-state index in [-0.39, 0.29) is 29.2 Å². The lowest BCUT2D eigenvalue weighted by molar-refractivity contribution is -0.274. The molecule has 3 heterocycles. The Morgan fingerprint density at radius 3 is 2.23 bits per heavy atom. The fourth-order valence-corrected chi connectivity index (χ4v) is 4.61. The first-order valence-electron chi connectivity index (χ1n) is 9.57. The van der Waals surface area contributed by atoms with E-state index in [1.54, 1.807) is 12.1 Å². The fraction of sp³-hybridized carbons (Fsp3) is 0.333. The average Bonchev–Trinajstić information content (AvgIpc) is 3.27. The Labute approximate surface area is 180 Å². The second kappa shape index (κ2) is 8.01. The molecule has 10 heteroatoms. The summed E-state index contributed by atoms with van der Waals surface area (Å²) in [6.45, 7) is 4.68. The van der Waals surface area contributed by atoms with Gasteiger partial charge in [0.25, 0.3) is 11.8 Å². The van der Waals surface area contributed by atoms with E-state index in [0.717, 1.165) is 17.0 Å². The van der Waals surface area contributed by atoms with Crippen molar-refractivity contribution >= 4 is 34.4 Å². The first-order chi connectivity index (χ1) is 14.6. The number of thiophene rings is 1. The molecule has 1 saturated heterocycles. The molecule has 0 N–H and O–H groups in total. The van der Waals surface area contributed by atoms with E-state index in [9.17, 15) is 22.8 Å². The maximum absolute atomic E-state index is 13.4. The van der Waals surface area contributed by atoms with Crippen LogP contribution in [0, 0.1) is 0 Å². The summed E-state index contributed by atoms with van der Waals surface area (Å²) in [5.74, 6) is -1.46. The number of amides is 2. The van der Waals surface area contributed by atoms with Crippen molar-refractivity contribution in [2.45, 2.75) is 32.4 Å². The number of halogens is 3. The number of imide groups is 1. The molecule has 2 aliphatic heterocycles. The minimum absolute atomic E-state index is 0.128. The highest BCUT2D eigenvalue weighted by atomic mass is 32.1. The molecule has 4 rings (SSSR count). The number of ether oxygens (including phenoxy) is 2. The molecule has 0 radical (unpaired) electrons. The monoisotopic (exact) mass is 452 g/mol. The second-order valence-corrected chi connectivity index (χ2v) is 8.30. The van der Waals surface area contributed by atoms with E-state index < -0.39 is 23.9 Å². The van der Waals surface area contributed by atoms with Crippen molar-refractivity contribution in [1.29, 1.82) is 0 Å². The molecule has 0 bridgehead atoms. The van der Waals surface area contributed by atoms with Crippen LogP contribution >= 0.6 is 11.3 Å². The zero-order chi connectivity index (χ0) is 22.3. The predicted octanol–water partition coefficient (Wildman–Crippen LogP) is 4.04. The van der Waals surface area contributed by atoms with Crippen LogP contribution in [0.2, 0.25) is 0 Å². The standard InChI is InChI=1S/C21H19F3N2O4S/c1-12-10-25(11-13(2)29-12)18-17(16-4-3-9-31-16)19(27)26(20(18)28)14-5-7-15(8-6-14)30-21(22,23)24/h3-9,12-13H,10-11H2,1-2H3. The zero-order valence-electron chi connectivity index (χ0n) is 16.7. The summed E-state index contributed by atoms with van der Waals surface area (Å²) < 4.78 is 46.9. The van der Waals surface area contributed by atoms with E-state index in [1.165, 1.54) is 23.5 Å². The highest BCUT2D eigenvalue weighted by Gasteiger charge is 2.44. The molecule has 1 aromatic carbocycles. The van der Waals surface area contributed by atoms with Crippen LogP contribution in [0.25, 0.3) is 5.57 Å². The third kappa shape index (κ3) is 4.31. The van der Waals surface area contributed by atoms with Crippen LogP contribution < -0.4 is 9.64 Å². The van der Waals surface area contributed by atoms with Gasteiger partial charge < -0.3 is 14.4 Å². The molecule has 6 nitrogen and oxygen atoms in total. The topological polar surface area (TPSA) is 59.1 Å². The van der Waals surface area contributed by atoms with Gasteiger partial charge in [-0.05, 0) is 49.6 Å². The molecule has 2 atom stereocenters. The number of nitrogens with zero attached hydrogens (tertiary/aromatic N) is 2. The van der Waals surface area contributed by atoms with E-state index >= 15 is 0 Å². The summed E-state index contributed by atoms with van der Waals surface area (Å²) in [6, 6.07) is 8.23. The van der Waals surface area contributed by atoms with Gasteiger partial charge in [0, 0.05) is 18.0 Å². The minimum atomic E-state index is -4.83. The van der Waals surface area contributed by atoms with E-state index in [2.05, 4.69) is 4.74 Å². The van der Waals surface area contributed by atoms with Crippen LogP contribution in [0.4, 0.5) is 18.9 Å². The number of carbonyl (C=O) groups excluding carboxylic acids is 2. The Bertz CT molecular complexity index is 1010. The van der Waals surface area contributed by atoms with Crippen LogP contribution in [0.3, 0.4) is 0 Å². The molecule has 164 valence electrons. The first-order valence-corrected chi connectivity index (χ1v) is 10.4. The Kier molecular flexibility index (Phi) is 5.52. The number of hydrogen-bond donors (Lipinski definition) is 0. The summed E-state index contributed by atoms with van der Waals surface area (Å²) in [4.78, 5) is 30.2. The smallest absolute Gasteiger partial charge is 0.406 e. The average molecular weight is 452 g/mol. The zero-order valence-corrected chi connectivity index (χ0v) is 17.5. The van der Waals surface area contributed by atoms with Gasteiger partial charge in [-0.25, -0.2) is 4.90 Å². The molecule has 31 heavy (non-hydrogen) atoms. The molecule has 0 saturated carbocycles. The molecule has 1 aromatic heterocycles. The predicted molar refractivity (Wildman–Crippen MR) is 108 cm³/mol. The summed E-state index contributed by atoms with van der Waals surface area (Å²) in [5, 5.41) is 1.81. The number of benzene rings is 1. The molecule has 2 unspecified atom stereocenters. The number of anilines is 1. The van der Waals surface area contributed by atoms with Gasteiger partial charge in [-0.15, -0.1) is 24.5 Å². The molecule has 1 fully saturated rings. The van der Waals surface area contributed by atoms with Gasteiger partial charge >= 0.3 is 6.36 Å². The number of alkyl halides is 3. The van der Waals surface area contributed by atoms with Gasteiger partial charge in [0.15, 0.2) is 0 Å². The fourth-order valence-electron chi connectivity index (χ4n) is 3.85. The van der Waals surface area contributed by atoms with Crippen LogP contribution in [-0.2, 0) is 14.3 Å². The van der Waals surface area contributed by atoms with Gasteiger partial charge in [0.1, 0.15) is 11.4 Å². The van der Waals surface area contributed by atoms with E-state index in [1.807, 2.05) is 24.1 Å². The number of carbonyl (C=O) groups is 2. The Morgan fingerprint density at radius 2 is 1.68 bits per heavy atom. The highest BCUT2D eigenvalue weighted by Crippen LogP contribution is 2.38. The molecule has 0 aliphatic carbocycles.